The molecule has 0 atom stereocenters. The summed E-state index contributed by atoms with van der Waals surface area (Å²) in [7, 11) is 0. The average molecular weight is 378 g/mol. The lowest BCUT2D eigenvalue weighted by molar-refractivity contribution is -0.136. The number of carbonyl (C=O) groups excluding carboxylic acids is 1. The Morgan fingerprint density at radius 2 is 2.07 bits per heavy atom. The van der Waals surface area contributed by atoms with E-state index in [9.17, 15) is 18.0 Å². The largest absolute Gasteiger partial charge is 0.449 e. The van der Waals surface area contributed by atoms with Gasteiger partial charge in [0.05, 0.1) is 6.42 Å². The number of hydrogen-bond acceptors (Lipinski definition) is 4. The van der Waals surface area contributed by atoms with Crippen molar-refractivity contribution in [1.82, 2.24) is 19.9 Å². The summed E-state index contributed by atoms with van der Waals surface area (Å²) in [6.07, 6.45) is -0.378. The van der Waals surface area contributed by atoms with Crippen LogP contribution in [0.4, 0.5) is 13.2 Å². The molecule has 1 fully saturated rings. The number of hydrogen-bond donors (Lipinski definition) is 1. The Bertz CT molecular complexity index is 959. The normalized spacial score (nSPS) is 14.6. The molecule has 1 aliphatic rings. The van der Waals surface area contributed by atoms with Crippen LogP contribution < -0.4 is 0 Å². The number of H-pyrrole nitrogens is 1. The SMILES string of the molecule is O=C(c1ccc(-c2ncnc3[nH]ccc23)o1)N(CCC(F)(F)F)CC1CC1. The van der Waals surface area contributed by atoms with Gasteiger partial charge in [0.25, 0.3) is 5.91 Å². The van der Waals surface area contributed by atoms with Gasteiger partial charge in [0, 0.05) is 24.7 Å². The van der Waals surface area contributed by atoms with Crippen molar-refractivity contribution < 1.29 is 22.4 Å². The molecule has 0 saturated heterocycles. The number of furan rings is 1. The number of halogens is 3. The smallest absolute Gasteiger partial charge is 0.390 e. The highest BCUT2D eigenvalue weighted by Gasteiger charge is 2.33. The van der Waals surface area contributed by atoms with Crippen molar-refractivity contribution in [2.75, 3.05) is 13.1 Å². The standard InChI is InChI=1S/C18H17F3N4O2/c19-18(20,21)6-8-25(9-11-1-2-11)17(26)14-4-3-13(27-14)15-12-5-7-22-16(12)24-10-23-15/h3-5,7,10-11H,1-2,6,8-9H2,(H,22,23,24). The Morgan fingerprint density at radius 1 is 1.26 bits per heavy atom. The van der Waals surface area contributed by atoms with Gasteiger partial charge in [0.2, 0.25) is 0 Å². The number of nitrogens with zero attached hydrogens (tertiary/aromatic N) is 3. The Balaban J connectivity index is 1.56. The third-order valence-corrected chi connectivity index (χ3v) is 4.53. The molecule has 1 amide bonds. The van der Waals surface area contributed by atoms with E-state index >= 15 is 0 Å². The number of rotatable bonds is 6. The minimum atomic E-state index is -4.31. The molecule has 0 radical (unpaired) electrons. The third-order valence-electron chi connectivity index (χ3n) is 4.53. The lowest BCUT2D eigenvalue weighted by Crippen LogP contribution is -2.35. The molecule has 0 bridgehead atoms. The predicted octanol–water partition coefficient (Wildman–Crippen LogP) is 4.02. The molecule has 142 valence electrons. The van der Waals surface area contributed by atoms with E-state index < -0.39 is 18.5 Å². The lowest BCUT2D eigenvalue weighted by Gasteiger charge is -2.22. The maximum atomic E-state index is 12.7. The van der Waals surface area contributed by atoms with Crippen LogP contribution in [0.1, 0.15) is 29.8 Å². The van der Waals surface area contributed by atoms with E-state index in [-0.39, 0.29) is 18.2 Å². The van der Waals surface area contributed by atoms with Gasteiger partial charge in [0.15, 0.2) is 11.5 Å². The Labute approximate surface area is 152 Å². The second kappa shape index (κ2) is 6.71. The Hall–Kier alpha value is -2.84. The fourth-order valence-corrected chi connectivity index (χ4v) is 2.95. The number of alkyl halides is 3. The van der Waals surface area contributed by atoms with Gasteiger partial charge in [-0.2, -0.15) is 13.2 Å². The lowest BCUT2D eigenvalue weighted by atomic mass is 10.2. The zero-order chi connectivity index (χ0) is 19.0. The second-order valence-corrected chi connectivity index (χ2v) is 6.69. The summed E-state index contributed by atoms with van der Waals surface area (Å²) in [6, 6.07) is 4.87. The van der Waals surface area contributed by atoms with Crippen molar-refractivity contribution >= 4 is 16.9 Å². The number of amides is 1. The molecule has 0 unspecified atom stereocenters. The number of fused-ring (bicyclic) bond motifs is 1. The van der Waals surface area contributed by atoms with E-state index in [1.54, 1.807) is 18.3 Å². The minimum absolute atomic E-state index is 0.00937. The zero-order valence-electron chi connectivity index (χ0n) is 14.3. The molecule has 0 spiro atoms. The molecular formula is C18H17F3N4O2. The monoisotopic (exact) mass is 378 g/mol. The average Bonchev–Trinajstić information content (AvgIpc) is 3.11. The molecule has 4 rings (SSSR count). The van der Waals surface area contributed by atoms with E-state index in [2.05, 4.69) is 15.0 Å². The highest BCUT2D eigenvalue weighted by molar-refractivity contribution is 5.93. The first-order valence-corrected chi connectivity index (χ1v) is 8.65. The first kappa shape index (κ1) is 17.6. The van der Waals surface area contributed by atoms with Gasteiger partial charge < -0.3 is 14.3 Å². The van der Waals surface area contributed by atoms with Crippen LogP contribution in [-0.4, -0.2) is 45.0 Å². The van der Waals surface area contributed by atoms with E-state index in [1.807, 2.05) is 0 Å². The predicted molar refractivity (Wildman–Crippen MR) is 90.9 cm³/mol. The topological polar surface area (TPSA) is 75.0 Å². The van der Waals surface area contributed by atoms with Crippen molar-refractivity contribution in [3.05, 3.63) is 36.5 Å². The third kappa shape index (κ3) is 3.96. The summed E-state index contributed by atoms with van der Waals surface area (Å²) in [5.74, 6) is 0.123. The molecule has 3 aromatic heterocycles. The summed E-state index contributed by atoms with van der Waals surface area (Å²) in [5.41, 5.74) is 1.15. The summed E-state index contributed by atoms with van der Waals surface area (Å²) in [4.78, 5) is 25.2. The Morgan fingerprint density at radius 3 is 2.81 bits per heavy atom. The molecule has 9 heteroatoms. The molecule has 1 aliphatic carbocycles. The molecular weight excluding hydrogens is 361 g/mol. The molecule has 0 aliphatic heterocycles. The summed E-state index contributed by atoms with van der Waals surface area (Å²) < 4.78 is 43.4. The van der Waals surface area contributed by atoms with Gasteiger partial charge in [-0.05, 0) is 37.0 Å². The van der Waals surface area contributed by atoms with Crippen LogP contribution >= 0.6 is 0 Å². The summed E-state index contributed by atoms with van der Waals surface area (Å²) in [6.45, 7) is -0.0507. The zero-order valence-corrected chi connectivity index (χ0v) is 14.3. The van der Waals surface area contributed by atoms with Crippen molar-refractivity contribution in [2.24, 2.45) is 5.92 Å². The van der Waals surface area contributed by atoms with Crippen LogP contribution in [-0.2, 0) is 0 Å². The van der Waals surface area contributed by atoms with Crippen LogP contribution in [0.2, 0.25) is 0 Å². The molecule has 1 saturated carbocycles. The molecule has 6 nitrogen and oxygen atoms in total. The van der Waals surface area contributed by atoms with Crippen LogP contribution in [0, 0.1) is 5.92 Å². The first-order chi connectivity index (χ1) is 12.9. The highest BCUT2D eigenvalue weighted by atomic mass is 19.4. The maximum Gasteiger partial charge on any atom is 0.390 e. The van der Waals surface area contributed by atoms with Gasteiger partial charge >= 0.3 is 6.18 Å². The van der Waals surface area contributed by atoms with Gasteiger partial charge in [-0.1, -0.05) is 0 Å². The highest BCUT2D eigenvalue weighted by Crippen LogP contribution is 2.32. The van der Waals surface area contributed by atoms with Crippen LogP contribution in [0.15, 0.2) is 35.1 Å². The van der Waals surface area contributed by atoms with Crippen LogP contribution in [0.5, 0.6) is 0 Å². The second-order valence-electron chi connectivity index (χ2n) is 6.69. The number of aromatic nitrogens is 3. The first-order valence-electron chi connectivity index (χ1n) is 8.65. The van der Waals surface area contributed by atoms with Gasteiger partial charge in [0.1, 0.15) is 17.7 Å². The molecule has 0 aromatic carbocycles. The van der Waals surface area contributed by atoms with Crippen molar-refractivity contribution in [2.45, 2.75) is 25.4 Å². The van der Waals surface area contributed by atoms with E-state index in [0.29, 0.717) is 23.6 Å². The molecule has 3 heterocycles. The van der Waals surface area contributed by atoms with Gasteiger partial charge in [-0.25, -0.2) is 9.97 Å². The number of carbonyl (C=O) groups is 1. The molecule has 3 aromatic rings. The Kier molecular flexibility index (Phi) is 4.37. The van der Waals surface area contributed by atoms with E-state index in [4.69, 9.17) is 4.42 Å². The summed E-state index contributed by atoms with van der Waals surface area (Å²) >= 11 is 0. The maximum absolute atomic E-state index is 12.7. The fraction of sp³-hybridized carbons (Fsp3) is 0.389. The van der Waals surface area contributed by atoms with Crippen LogP contribution in [0.3, 0.4) is 0 Å². The van der Waals surface area contributed by atoms with E-state index in [0.717, 1.165) is 18.2 Å². The minimum Gasteiger partial charge on any atom is -0.449 e. The van der Waals surface area contributed by atoms with Gasteiger partial charge in [-0.15, -0.1) is 0 Å². The fourth-order valence-electron chi connectivity index (χ4n) is 2.95. The van der Waals surface area contributed by atoms with Crippen molar-refractivity contribution in [3.63, 3.8) is 0 Å². The van der Waals surface area contributed by atoms with Crippen LogP contribution in [0.25, 0.3) is 22.5 Å². The van der Waals surface area contributed by atoms with E-state index in [1.165, 1.54) is 17.3 Å². The molecule has 27 heavy (non-hydrogen) atoms. The quantitative estimate of drug-likeness (QED) is 0.703. The number of aromatic amines is 1. The van der Waals surface area contributed by atoms with Crippen molar-refractivity contribution in [3.8, 4) is 11.5 Å². The molecule has 1 N–H and O–H groups in total. The number of nitrogens with one attached hydrogen (secondary N) is 1. The van der Waals surface area contributed by atoms with Gasteiger partial charge in [-0.3, -0.25) is 4.79 Å². The summed E-state index contributed by atoms with van der Waals surface area (Å²) in [5, 5.41) is 0.734. The van der Waals surface area contributed by atoms with Crippen molar-refractivity contribution in [1.29, 1.82) is 0 Å².